The van der Waals surface area contributed by atoms with E-state index in [9.17, 15) is 4.39 Å². The molecule has 0 radical (unpaired) electrons. The lowest BCUT2D eigenvalue weighted by Gasteiger charge is -2.20. The molecular formula is C15H17ClFN5. The van der Waals surface area contributed by atoms with Crippen LogP contribution in [-0.4, -0.2) is 28.3 Å². The first-order valence-corrected chi connectivity index (χ1v) is 7.77. The molecule has 0 bridgehead atoms. The molecule has 0 atom stereocenters. The van der Waals surface area contributed by atoms with E-state index in [0.717, 1.165) is 18.9 Å². The highest BCUT2D eigenvalue weighted by molar-refractivity contribution is 6.31. The van der Waals surface area contributed by atoms with Crippen LogP contribution in [0, 0.1) is 5.82 Å². The van der Waals surface area contributed by atoms with Crippen molar-refractivity contribution in [3.8, 4) is 0 Å². The SMILES string of the molecule is Fc1ccc(Nc2nncc(N3CCCCCC3)n2)cc1Cl. The number of hydrogen-bond donors (Lipinski definition) is 1. The topological polar surface area (TPSA) is 53.9 Å². The fraction of sp³-hybridized carbons (Fsp3) is 0.400. The van der Waals surface area contributed by atoms with Gasteiger partial charge in [-0.3, -0.25) is 0 Å². The third kappa shape index (κ3) is 3.62. The molecule has 1 N–H and O–H groups in total. The largest absolute Gasteiger partial charge is 0.355 e. The molecule has 1 aromatic heterocycles. The van der Waals surface area contributed by atoms with Gasteiger partial charge in [-0.2, -0.15) is 10.1 Å². The van der Waals surface area contributed by atoms with E-state index in [4.69, 9.17) is 11.6 Å². The van der Waals surface area contributed by atoms with Crippen molar-refractivity contribution < 1.29 is 4.39 Å². The second kappa shape index (κ2) is 6.87. The minimum atomic E-state index is -0.454. The molecule has 2 aromatic rings. The Morgan fingerprint density at radius 2 is 1.91 bits per heavy atom. The van der Waals surface area contributed by atoms with Crippen LogP contribution in [0.3, 0.4) is 0 Å². The maximum Gasteiger partial charge on any atom is 0.249 e. The first-order chi connectivity index (χ1) is 10.7. The summed E-state index contributed by atoms with van der Waals surface area (Å²) in [5.74, 6) is 0.738. The molecule has 1 aliphatic heterocycles. The molecule has 0 aliphatic carbocycles. The Morgan fingerprint density at radius 1 is 1.14 bits per heavy atom. The third-order valence-electron chi connectivity index (χ3n) is 3.65. The normalized spacial score (nSPS) is 15.5. The maximum absolute atomic E-state index is 13.2. The first kappa shape index (κ1) is 15.0. The van der Waals surface area contributed by atoms with Gasteiger partial charge < -0.3 is 10.2 Å². The zero-order chi connectivity index (χ0) is 15.4. The molecule has 2 heterocycles. The molecule has 5 nitrogen and oxygen atoms in total. The van der Waals surface area contributed by atoms with E-state index >= 15 is 0 Å². The lowest BCUT2D eigenvalue weighted by Crippen LogP contribution is -2.25. The van der Waals surface area contributed by atoms with Gasteiger partial charge in [0.15, 0.2) is 5.82 Å². The number of benzene rings is 1. The fourth-order valence-electron chi connectivity index (χ4n) is 2.50. The molecule has 0 amide bonds. The third-order valence-corrected chi connectivity index (χ3v) is 3.94. The summed E-state index contributed by atoms with van der Waals surface area (Å²) in [7, 11) is 0. The van der Waals surface area contributed by atoms with Crippen molar-refractivity contribution >= 4 is 29.1 Å². The van der Waals surface area contributed by atoms with E-state index in [1.807, 2.05) is 0 Å². The average molecular weight is 322 g/mol. The van der Waals surface area contributed by atoms with E-state index < -0.39 is 5.82 Å². The molecule has 0 spiro atoms. The number of anilines is 3. The van der Waals surface area contributed by atoms with Crippen LogP contribution in [-0.2, 0) is 0 Å². The predicted molar refractivity (Wildman–Crippen MR) is 85.2 cm³/mol. The van der Waals surface area contributed by atoms with Gasteiger partial charge >= 0.3 is 0 Å². The number of nitrogens with zero attached hydrogens (tertiary/aromatic N) is 4. The summed E-state index contributed by atoms with van der Waals surface area (Å²) < 4.78 is 13.2. The molecule has 1 saturated heterocycles. The molecule has 1 fully saturated rings. The van der Waals surface area contributed by atoms with Gasteiger partial charge in [0.25, 0.3) is 0 Å². The fourth-order valence-corrected chi connectivity index (χ4v) is 2.68. The van der Waals surface area contributed by atoms with Gasteiger partial charge in [0, 0.05) is 18.8 Å². The monoisotopic (exact) mass is 321 g/mol. The van der Waals surface area contributed by atoms with Gasteiger partial charge in [0.2, 0.25) is 5.95 Å². The van der Waals surface area contributed by atoms with Crippen molar-refractivity contribution in [2.24, 2.45) is 0 Å². The number of hydrogen-bond acceptors (Lipinski definition) is 5. The Kier molecular flexibility index (Phi) is 4.68. The van der Waals surface area contributed by atoms with Gasteiger partial charge in [-0.15, -0.1) is 5.10 Å². The molecule has 22 heavy (non-hydrogen) atoms. The number of rotatable bonds is 3. The van der Waals surface area contributed by atoms with E-state index in [1.54, 1.807) is 12.3 Å². The lowest BCUT2D eigenvalue weighted by atomic mass is 10.2. The summed E-state index contributed by atoms with van der Waals surface area (Å²) in [6.45, 7) is 1.97. The Labute approximate surface area is 133 Å². The van der Waals surface area contributed by atoms with E-state index in [0.29, 0.717) is 11.6 Å². The van der Waals surface area contributed by atoms with Crippen LogP contribution in [0.25, 0.3) is 0 Å². The van der Waals surface area contributed by atoms with Crippen LogP contribution in [0.5, 0.6) is 0 Å². The molecule has 0 unspecified atom stereocenters. The molecule has 116 valence electrons. The molecule has 3 rings (SSSR count). The molecule has 1 aromatic carbocycles. The Morgan fingerprint density at radius 3 is 2.64 bits per heavy atom. The highest BCUT2D eigenvalue weighted by atomic mass is 35.5. The lowest BCUT2D eigenvalue weighted by molar-refractivity contribution is 0.628. The summed E-state index contributed by atoms with van der Waals surface area (Å²) in [6, 6.07) is 4.39. The Hall–Kier alpha value is -1.95. The standard InChI is InChI=1S/C15H17ClFN5/c16-12-9-11(5-6-13(12)17)19-15-20-14(10-18-21-15)22-7-3-1-2-4-8-22/h5-6,9-10H,1-4,7-8H2,(H,19,20,21). The summed E-state index contributed by atoms with van der Waals surface area (Å²) in [6.07, 6.45) is 6.53. The summed E-state index contributed by atoms with van der Waals surface area (Å²) in [5, 5.41) is 11.0. The maximum atomic E-state index is 13.2. The molecule has 1 aliphatic rings. The van der Waals surface area contributed by atoms with Gasteiger partial charge in [-0.05, 0) is 31.0 Å². The summed E-state index contributed by atoms with van der Waals surface area (Å²) in [4.78, 5) is 6.72. The zero-order valence-electron chi connectivity index (χ0n) is 12.1. The minimum absolute atomic E-state index is 0.0571. The predicted octanol–water partition coefficient (Wildman–Crippen LogP) is 3.79. The highest BCUT2D eigenvalue weighted by Gasteiger charge is 2.12. The van der Waals surface area contributed by atoms with Crippen LogP contribution in [0.4, 0.5) is 21.8 Å². The van der Waals surface area contributed by atoms with Crippen LogP contribution < -0.4 is 10.2 Å². The van der Waals surface area contributed by atoms with Crippen molar-refractivity contribution in [2.75, 3.05) is 23.3 Å². The van der Waals surface area contributed by atoms with Gasteiger partial charge in [-0.25, -0.2) is 4.39 Å². The van der Waals surface area contributed by atoms with Crippen molar-refractivity contribution in [2.45, 2.75) is 25.7 Å². The number of nitrogens with one attached hydrogen (secondary N) is 1. The summed E-state index contributed by atoms with van der Waals surface area (Å²) in [5.41, 5.74) is 0.626. The average Bonchev–Trinajstić information content (AvgIpc) is 2.80. The first-order valence-electron chi connectivity index (χ1n) is 7.39. The van der Waals surface area contributed by atoms with Crippen molar-refractivity contribution in [3.05, 3.63) is 35.2 Å². The molecule has 7 heteroatoms. The van der Waals surface area contributed by atoms with Crippen LogP contribution in [0.1, 0.15) is 25.7 Å². The quantitative estimate of drug-likeness (QED) is 0.932. The van der Waals surface area contributed by atoms with Crippen molar-refractivity contribution in [1.29, 1.82) is 0 Å². The van der Waals surface area contributed by atoms with Crippen molar-refractivity contribution in [1.82, 2.24) is 15.2 Å². The number of halogens is 2. The summed E-state index contributed by atoms with van der Waals surface area (Å²) >= 11 is 5.77. The second-order valence-electron chi connectivity index (χ2n) is 5.29. The van der Waals surface area contributed by atoms with Crippen LogP contribution >= 0.6 is 11.6 Å². The van der Waals surface area contributed by atoms with E-state index in [-0.39, 0.29) is 5.02 Å². The Balaban J connectivity index is 1.76. The Bertz CT molecular complexity index is 644. The van der Waals surface area contributed by atoms with Crippen LogP contribution in [0.15, 0.2) is 24.4 Å². The van der Waals surface area contributed by atoms with Gasteiger partial charge in [0.05, 0.1) is 11.2 Å². The second-order valence-corrected chi connectivity index (χ2v) is 5.70. The van der Waals surface area contributed by atoms with Crippen LogP contribution in [0.2, 0.25) is 5.02 Å². The zero-order valence-corrected chi connectivity index (χ0v) is 12.9. The number of aromatic nitrogens is 3. The van der Waals surface area contributed by atoms with E-state index in [2.05, 4.69) is 25.4 Å². The van der Waals surface area contributed by atoms with Gasteiger partial charge in [0.1, 0.15) is 5.82 Å². The highest BCUT2D eigenvalue weighted by Crippen LogP contribution is 2.22. The smallest absolute Gasteiger partial charge is 0.249 e. The molecular weight excluding hydrogens is 305 g/mol. The molecule has 0 saturated carbocycles. The van der Waals surface area contributed by atoms with E-state index in [1.165, 1.54) is 37.8 Å². The van der Waals surface area contributed by atoms with Crippen molar-refractivity contribution in [3.63, 3.8) is 0 Å². The van der Waals surface area contributed by atoms with Gasteiger partial charge in [-0.1, -0.05) is 24.4 Å². The minimum Gasteiger partial charge on any atom is -0.355 e.